The fourth-order valence-corrected chi connectivity index (χ4v) is 2.56. The summed E-state index contributed by atoms with van der Waals surface area (Å²) in [6, 6.07) is -0.169. The molecule has 1 rings (SSSR count). The van der Waals surface area contributed by atoms with Gasteiger partial charge in [-0.15, -0.1) is 0 Å². The molecular weight excluding hydrogens is 230 g/mol. The van der Waals surface area contributed by atoms with Crippen LogP contribution in [-0.2, 0) is 14.3 Å². The highest BCUT2D eigenvalue weighted by Gasteiger charge is 2.33. The van der Waals surface area contributed by atoms with E-state index >= 15 is 0 Å². The number of rotatable bonds is 6. The summed E-state index contributed by atoms with van der Waals surface area (Å²) in [5.74, 6) is 0.271. The van der Waals surface area contributed by atoms with E-state index in [-0.39, 0.29) is 17.9 Å². The standard InChI is InChI=1S/C14H25NO3/c1-4-6-7-12(14(17)18-3)15-9-8-13(16)11(5-2)10-15/h11-12H,4-10H2,1-3H3. The van der Waals surface area contributed by atoms with E-state index in [1.54, 1.807) is 0 Å². The van der Waals surface area contributed by atoms with E-state index in [9.17, 15) is 9.59 Å². The molecule has 0 N–H and O–H groups in total. The van der Waals surface area contributed by atoms with Crippen molar-refractivity contribution < 1.29 is 14.3 Å². The molecule has 0 aromatic heterocycles. The van der Waals surface area contributed by atoms with Crippen LogP contribution >= 0.6 is 0 Å². The summed E-state index contributed by atoms with van der Waals surface area (Å²) in [7, 11) is 1.44. The molecule has 1 saturated heterocycles. The Hall–Kier alpha value is -0.900. The van der Waals surface area contributed by atoms with Crippen LogP contribution in [0.25, 0.3) is 0 Å². The van der Waals surface area contributed by atoms with Crippen molar-refractivity contribution in [2.75, 3.05) is 20.2 Å². The van der Waals surface area contributed by atoms with Crippen molar-refractivity contribution in [1.82, 2.24) is 4.90 Å². The molecule has 4 nitrogen and oxygen atoms in total. The molecule has 1 fully saturated rings. The Bertz CT molecular complexity index is 291. The Kier molecular flexibility index (Phi) is 6.33. The Balaban J connectivity index is 2.66. The van der Waals surface area contributed by atoms with Crippen LogP contribution in [0.15, 0.2) is 0 Å². The maximum Gasteiger partial charge on any atom is 0.323 e. The van der Waals surface area contributed by atoms with E-state index < -0.39 is 0 Å². The molecule has 1 heterocycles. The van der Waals surface area contributed by atoms with E-state index in [0.717, 1.165) is 25.7 Å². The molecule has 0 aromatic rings. The van der Waals surface area contributed by atoms with Crippen molar-refractivity contribution in [1.29, 1.82) is 0 Å². The van der Waals surface area contributed by atoms with Gasteiger partial charge in [0.2, 0.25) is 0 Å². The van der Waals surface area contributed by atoms with Gasteiger partial charge in [-0.3, -0.25) is 14.5 Å². The van der Waals surface area contributed by atoms with Crippen LogP contribution in [0.1, 0.15) is 46.0 Å². The fraction of sp³-hybridized carbons (Fsp3) is 0.857. The van der Waals surface area contributed by atoms with Gasteiger partial charge < -0.3 is 4.74 Å². The van der Waals surface area contributed by atoms with Crippen LogP contribution in [0.4, 0.5) is 0 Å². The number of hydrogen-bond donors (Lipinski definition) is 0. The number of ether oxygens (including phenoxy) is 1. The SMILES string of the molecule is CCCCC(C(=O)OC)N1CCC(=O)C(CC)C1. The Morgan fingerprint density at radius 3 is 2.78 bits per heavy atom. The van der Waals surface area contributed by atoms with Gasteiger partial charge in [0.25, 0.3) is 0 Å². The molecule has 2 atom stereocenters. The summed E-state index contributed by atoms with van der Waals surface area (Å²) in [6.45, 7) is 5.55. The molecule has 0 radical (unpaired) electrons. The third-order valence-corrected chi connectivity index (χ3v) is 3.79. The third-order valence-electron chi connectivity index (χ3n) is 3.79. The number of methoxy groups -OCH3 is 1. The topological polar surface area (TPSA) is 46.6 Å². The van der Waals surface area contributed by atoms with Crippen molar-refractivity contribution in [3.05, 3.63) is 0 Å². The first-order chi connectivity index (χ1) is 8.63. The number of piperidine rings is 1. The van der Waals surface area contributed by atoms with Gasteiger partial charge in [0, 0.05) is 25.4 Å². The molecule has 1 aliphatic heterocycles. The summed E-state index contributed by atoms with van der Waals surface area (Å²) < 4.78 is 4.89. The second-order valence-corrected chi connectivity index (χ2v) is 5.00. The monoisotopic (exact) mass is 255 g/mol. The lowest BCUT2D eigenvalue weighted by Gasteiger charge is -2.35. The maximum absolute atomic E-state index is 11.8. The fourth-order valence-electron chi connectivity index (χ4n) is 2.56. The number of ketones is 1. The zero-order chi connectivity index (χ0) is 13.5. The molecule has 4 heteroatoms. The minimum atomic E-state index is -0.169. The smallest absolute Gasteiger partial charge is 0.323 e. The van der Waals surface area contributed by atoms with Gasteiger partial charge in [0.1, 0.15) is 11.8 Å². The molecule has 18 heavy (non-hydrogen) atoms. The molecule has 1 aliphatic rings. The van der Waals surface area contributed by atoms with E-state index in [2.05, 4.69) is 11.8 Å². The highest BCUT2D eigenvalue weighted by molar-refractivity contribution is 5.82. The first-order valence-electron chi connectivity index (χ1n) is 6.98. The summed E-state index contributed by atoms with van der Waals surface area (Å²) in [5.41, 5.74) is 0. The lowest BCUT2D eigenvalue weighted by molar-refractivity contribution is -0.149. The normalized spacial score (nSPS) is 22.8. The number of carbonyl (C=O) groups excluding carboxylic acids is 2. The maximum atomic E-state index is 11.8. The Morgan fingerprint density at radius 1 is 1.50 bits per heavy atom. The zero-order valence-corrected chi connectivity index (χ0v) is 11.8. The lowest BCUT2D eigenvalue weighted by atomic mass is 9.92. The quantitative estimate of drug-likeness (QED) is 0.681. The molecule has 0 aliphatic carbocycles. The number of nitrogens with zero attached hydrogens (tertiary/aromatic N) is 1. The van der Waals surface area contributed by atoms with Crippen LogP contribution in [0.5, 0.6) is 0 Å². The number of hydrogen-bond acceptors (Lipinski definition) is 4. The average molecular weight is 255 g/mol. The van der Waals surface area contributed by atoms with Gasteiger partial charge in [-0.05, 0) is 12.8 Å². The van der Waals surface area contributed by atoms with Gasteiger partial charge in [-0.25, -0.2) is 0 Å². The zero-order valence-electron chi connectivity index (χ0n) is 11.8. The van der Waals surface area contributed by atoms with E-state index in [0.29, 0.717) is 25.3 Å². The van der Waals surface area contributed by atoms with Crippen molar-refractivity contribution in [2.45, 2.75) is 52.0 Å². The third kappa shape index (κ3) is 3.80. The number of esters is 1. The van der Waals surface area contributed by atoms with Gasteiger partial charge in [0.05, 0.1) is 7.11 Å². The second-order valence-electron chi connectivity index (χ2n) is 5.00. The minimum absolute atomic E-state index is 0.0903. The molecule has 104 valence electrons. The van der Waals surface area contributed by atoms with Gasteiger partial charge in [-0.1, -0.05) is 26.7 Å². The highest BCUT2D eigenvalue weighted by Crippen LogP contribution is 2.21. The van der Waals surface area contributed by atoms with Crippen LogP contribution in [0.2, 0.25) is 0 Å². The number of likely N-dealkylation sites (tertiary alicyclic amines) is 1. The second kappa shape index (κ2) is 7.52. The van der Waals surface area contributed by atoms with E-state index in [1.807, 2.05) is 6.92 Å². The number of unbranched alkanes of at least 4 members (excludes halogenated alkanes) is 1. The summed E-state index contributed by atoms with van der Waals surface area (Å²) in [6.07, 6.45) is 4.33. The Morgan fingerprint density at radius 2 is 2.22 bits per heavy atom. The first-order valence-corrected chi connectivity index (χ1v) is 6.98. The molecule has 0 aromatic carbocycles. The van der Waals surface area contributed by atoms with Gasteiger partial charge >= 0.3 is 5.97 Å². The molecule has 0 bridgehead atoms. The highest BCUT2D eigenvalue weighted by atomic mass is 16.5. The predicted molar refractivity (Wildman–Crippen MR) is 70.3 cm³/mol. The molecule has 2 unspecified atom stereocenters. The summed E-state index contributed by atoms with van der Waals surface area (Å²) >= 11 is 0. The predicted octanol–water partition coefficient (Wildman–Crippen LogP) is 2.02. The van der Waals surface area contributed by atoms with Crippen LogP contribution in [0, 0.1) is 5.92 Å². The van der Waals surface area contributed by atoms with Crippen LogP contribution < -0.4 is 0 Å². The average Bonchev–Trinajstić information content (AvgIpc) is 2.40. The largest absolute Gasteiger partial charge is 0.468 e. The number of Topliss-reactive ketones (excluding diaryl/α,β-unsaturated/α-hetero) is 1. The van der Waals surface area contributed by atoms with E-state index in [1.165, 1.54) is 7.11 Å². The summed E-state index contributed by atoms with van der Waals surface area (Å²) in [5, 5.41) is 0. The van der Waals surface area contributed by atoms with Gasteiger partial charge in [0.15, 0.2) is 0 Å². The van der Waals surface area contributed by atoms with Crippen molar-refractivity contribution >= 4 is 11.8 Å². The lowest BCUT2D eigenvalue weighted by Crippen LogP contribution is -2.49. The summed E-state index contributed by atoms with van der Waals surface area (Å²) in [4.78, 5) is 25.7. The van der Waals surface area contributed by atoms with Crippen molar-refractivity contribution in [3.8, 4) is 0 Å². The Labute approximate surface area is 110 Å². The molecular formula is C14H25NO3. The van der Waals surface area contributed by atoms with Crippen LogP contribution in [0.3, 0.4) is 0 Å². The van der Waals surface area contributed by atoms with Crippen molar-refractivity contribution in [3.63, 3.8) is 0 Å². The van der Waals surface area contributed by atoms with Crippen LogP contribution in [-0.4, -0.2) is 42.9 Å². The van der Waals surface area contributed by atoms with E-state index in [4.69, 9.17) is 4.74 Å². The molecule has 0 saturated carbocycles. The molecule has 0 amide bonds. The van der Waals surface area contributed by atoms with Gasteiger partial charge in [-0.2, -0.15) is 0 Å². The first kappa shape index (κ1) is 15.2. The number of carbonyl (C=O) groups is 2. The minimum Gasteiger partial charge on any atom is -0.468 e. The molecule has 0 spiro atoms. The van der Waals surface area contributed by atoms with Crippen molar-refractivity contribution in [2.24, 2.45) is 5.92 Å².